The first-order chi connectivity index (χ1) is 19.1. The number of aryl methyl sites for hydroxylation is 3. The van der Waals surface area contributed by atoms with Crippen molar-refractivity contribution in [3.8, 4) is 11.5 Å². The number of carbonyl (C=O) groups excluding carboxylic acids is 3. The van der Waals surface area contributed by atoms with Gasteiger partial charge in [0.25, 0.3) is 5.91 Å². The lowest BCUT2D eigenvalue weighted by atomic mass is 9.95. The molecule has 0 aliphatic carbocycles. The third-order valence-electron chi connectivity index (χ3n) is 6.26. The van der Waals surface area contributed by atoms with Crippen molar-refractivity contribution in [3.63, 3.8) is 0 Å². The molecule has 1 amide bonds. The van der Waals surface area contributed by atoms with Gasteiger partial charge in [-0.3, -0.25) is 14.5 Å². The highest BCUT2D eigenvalue weighted by atomic mass is 32.1. The van der Waals surface area contributed by atoms with Crippen LogP contribution in [-0.2, 0) is 9.53 Å². The van der Waals surface area contributed by atoms with Crippen LogP contribution in [0.2, 0.25) is 0 Å². The molecule has 1 aromatic carbocycles. The fourth-order valence-corrected chi connectivity index (χ4v) is 6.28. The Labute approximate surface area is 240 Å². The summed E-state index contributed by atoms with van der Waals surface area (Å²) in [6.45, 7) is 9.90. The van der Waals surface area contributed by atoms with Gasteiger partial charge in [0.2, 0.25) is 5.78 Å². The van der Waals surface area contributed by atoms with Crippen molar-refractivity contribution >= 4 is 45.5 Å². The van der Waals surface area contributed by atoms with E-state index in [1.165, 1.54) is 23.3 Å². The van der Waals surface area contributed by atoms with Crippen LogP contribution in [0, 0.1) is 20.8 Å². The maximum Gasteiger partial charge on any atom is 0.350 e. The van der Waals surface area contributed by atoms with Crippen LogP contribution in [-0.4, -0.2) is 53.1 Å². The molecule has 1 aliphatic rings. The van der Waals surface area contributed by atoms with Gasteiger partial charge in [-0.2, -0.15) is 0 Å². The summed E-state index contributed by atoms with van der Waals surface area (Å²) >= 11 is 2.14. The number of unbranched alkanes of at least 4 members (excludes halogenated alkanes) is 1. The first kappa shape index (κ1) is 29.2. The molecule has 1 atom stereocenters. The number of anilines is 1. The average molecular weight is 586 g/mol. The zero-order valence-corrected chi connectivity index (χ0v) is 24.8. The molecule has 0 saturated heterocycles. The number of amides is 1. The lowest BCUT2D eigenvalue weighted by Gasteiger charge is -2.25. The summed E-state index contributed by atoms with van der Waals surface area (Å²) in [6.07, 6.45) is 1.83. The first-order valence-corrected chi connectivity index (χ1v) is 14.5. The van der Waals surface area contributed by atoms with Crippen molar-refractivity contribution < 1.29 is 33.7 Å². The van der Waals surface area contributed by atoms with E-state index in [4.69, 9.17) is 14.2 Å². The first-order valence-electron chi connectivity index (χ1n) is 12.8. The van der Waals surface area contributed by atoms with Crippen LogP contribution >= 0.6 is 22.7 Å². The van der Waals surface area contributed by atoms with Gasteiger partial charge in [0.05, 0.1) is 53.2 Å². The third-order valence-corrected chi connectivity index (χ3v) is 8.47. The van der Waals surface area contributed by atoms with Gasteiger partial charge >= 0.3 is 5.97 Å². The molecule has 40 heavy (non-hydrogen) atoms. The number of Topliss-reactive ketones (excluding diaryl/α,β-unsaturated/α-hetero) is 1. The van der Waals surface area contributed by atoms with Crippen LogP contribution in [0.3, 0.4) is 0 Å². The van der Waals surface area contributed by atoms with Crippen molar-refractivity contribution in [2.24, 2.45) is 0 Å². The average Bonchev–Trinajstić information content (AvgIpc) is 3.56. The molecular formula is C28H31N3O7S2. The molecule has 0 radical (unpaired) electrons. The normalized spacial score (nSPS) is 15.1. The van der Waals surface area contributed by atoms with E-state index >= 15 is 0 Å². The summed E-state index contributed by atoms with van der Waals surface area (Å²) in [5.41, 5.74) is 1.26. The van der Waals surface area contributed by atoms with Crippen LogP contribution in [0.25, 0.3) is 0 Å². The number of aliphatic hydroxyl groups is 1. The molecule has 1 N–H and O–H groups in total. The fourth-order valence-electron chi connectivity index (χ4n) is 4.39. The summed E-state index contributed by atoms with van der Waals surface area (Å²) in [4.78, 5) is 50.4. The van der Waals surface area contributed by atoms with Gasteiger partial charge in [-0.15, -0.1) is 11.3 Å². The van der Waals surface area contributed by atoms with E-state index in [0.29, 0.717) is 51.5 Å². The van der Waals surface area contributed by atoms with Crippen LogP contribution in [0.1, 0.15) is 74.0 Å². The number of aliphatic hydroxyl groups excluding tert-OH is 1. The van der Waals surface area contributed by atoms with Gasteiger partial charge < -0.3 is 19.3 Å². The highest BCUT2D eigenvalue weighted by Crippen LogP contribution is 2.46. The van der Waals surface area contributed by atoms with Crippen molar-refractivity contribution in [3.05, 3.63) is 61.2 Å². The minimum atomic E-state index is -1.05. The summed E-state index contributed by atoms with van der Waals surface area (Å²) in [5.74, 6) is -1.63. The Hall–Kier alpha value is -3.77. The second-order valence-corrected chi connectivity index (χ2v) is 11.2. The van der Waals surface area contributed by atoms with E-state index in [0.717, 1.165) is 24.2 Å². The van der Waals surface area contributed by atoms with Crippen LogP contribution in [0.4, 0.5) is 5.13 Å². The Morgan fingerprint density at radius 1 is 1.02 bits per heavy atom. The quantitative estimate of drug-likeness (QED) is 0.172. The molecule has 0 spiro atoms. The molecule has 3 heterocycles. The van der Waals surface area contributed by atoms with Crippen LogP contribution in [0.15, 0.2) is 29.5 Å². The minimum Gasteiger partial charge on any atom is -0.503 e. The highest BCUT2D eigenvalue weighted by molar-refractivity contribution is 7.17. The summed E-state index contributed by atoms with van der Waals surface area (Å²) < 4.78 is 16.6. The number of hydrogen-bond donors (Lipinski definition) is 1. The molecule has 0 bridgehead atoms. The van der Waals surface area contributed by atoms with Crippen molar-refractivity contribution in [2.45, 2.75) is 53.5 Å². The molecule has 4 rings (SSSR count). The Bertz CT molecular complexity index is 1490. The van der Waals surface area contributed by atoms with E-state index in [-0.39, 0.29) is 15.6 Å². The Kier molecular flexibility index (Phi) is 8.89. The number of rotatable bonds is 11. The smallest absolute Gasteiger partial charge is 0.350 e. The summed E-state index contributed by atoms with van der Waals surface area (Å²) in [5, 5.41) is 12.0. The van der Waals surface area contributed by atoms with Gasteiger partial charge in [0.1, 0.15) is 4.88 Å². The monoisotopic (exact) mass is 585 g/mol. The Morgan fingerprint density at radius 3 is 2.38 bits per heavy atom. The number of nitrogens with zero attached hydrogens (tertiary/aromatic N) is 3. The second-order valence-electron chi connectivity index (χ2n) is 9.06. The topological polar surface area (TPSA) is 128 Å². The standard InChI is InChI=1S/C28H31N3O7S2/c1-7-9-12-38-18-11-10-17(13-19(18)37-8-2)21-20(22(32)24-14(3)29-16(5)39-24)23(33)26(34)31(21)28-30-15(4)25(40-28)27(35)36-6/h10-11,13,21,33H,7-9,12H2,1-6H3. The van der Waals surface area contributed by atoms with E-state index in [1.807, 2.05) is 6.92 Å². The molecule has 1 aliphatic heterocycles. The highest BCUT2D eigenvalue weighted by Gasteiger charge is 2.47. The summed E-state index contributed by atoms with van der Waals surface area (Å²) in [7, 11) is 1.26. The number of hydrogen-bond acceptors (Lipinski definition) is 11. The molecule has 0 saturated carbocycles. The number of carbonyl (C=O) groups is 3. The lowest BCUT2D eigenvalue weighted by molar-refractivity contribution is -0.117. The Balaban J connectivity index is 1.88. The zero-order valence-electron chi connectivity index (χ0n) is 23.2. The third kappa shape index (κ3) is 5.46. The molecule has 212 valence electrons. The van der Waals surface area contributed by atoms with Crippen LogP contribution in [0.5, 0.6) is 11.5 Å². The Morgan fingerprint density at radius 2 is 1.75 bits per heavy atom. The van der Waals surface area contributed by atoms with E-state index in [2.05, 4.69) is 16.9 Å². The van der Waals surface area contributed by atoms with Crippen LogP contribution < -0.4 is 14.4 Å². The molecule has 10 nitrogen and oxygen atoms in total. The predicted octanol–water partition coefficient (Wildman–Crippen LogP) is 5.67. The van der Waals surface area contributed by atoms with Crippen molar-refractivity contribution in [1.82, 2.24) is 9.97 Å². The maximum absolute atomic E-state index is 13.9. The molecule has 3 aromatic rings. The van der Waals surface area contributed by atoms with E-state index < -0.39 is 29.5 Å². The fraction of sp³-hybridized carbons (Fsp3) is 0.393. The second kappa shape index (κ2) is 12.2. The molecule has 0 fully saturated rings. The SMILES string of the molecule is CCCCOc1ccc(C2C(C(=O)c3sc(C)nc3C)=C(O)C(=O)N2c2nc(C)c(C(=O)OC)s2)cc1OCC. The molecule has 1 unspecified atom stereocenters. The number of ether oxygens (including phenoxy) is 3. The number of esters is 1. The maximum atomic E-state index is 13.9. The largest absolute Gasteiger partial charge is 0.503 e. The molecule has 12 heteroatoms. The van der Waals surface area contributed by atoms with Gasteiger partial charge in [0.15, 0.2) is 22.4 Å². The predicted molar refractivity (Wildman–Crippen MR) is 152 cm³/mol. The van der Waals surface area contributed by atoms with Crippen molar-refractivity contribution in [1.29, 1.82) is 0 Å². The van der Waals surface area contributed by atoms with E-state index in [9.17, 15) is 19.5 Å². The number of methoxy groups -OCH3 is 1. The van der Waals surface area contributed by atoms with Crippen molar-refractivity contribution in [2.75, 3.05) is 25.2 Å². The lowest BCUT2D eigenvalue weighted by Crippen LogP contribution is -2.31. The number of aromatic nitrogens is 2. The number of thiazole rings is 2. The van der Waals surface area contributed by atoms with E-state index in [1.54, 1.807) is 39.0 Å². The summed E-state index contributed by atoms with van der Waals surface area (Å²) in [6, 6.07) is 4.11. The number of ketones is 1. The number of benzene rings is 1. The van der Waals surface area contributed by atoms with Gasteiger partial charge in [0, 0.05) is 0 Å². The van der Waals surface area contributed by atoms with Gasteiger partial charge in [-0.25, -0.2) is 14.8 Å². The molecule has 2 aromatic heterocycles. The minimum absolute atomic E-state index is 0.105. The molecular weight excluding hydrogens is 554 g/mol. The zero-order chi connectivity index (χ0) is 29.1. The van der Waals surface area contributed by atoms with Gasteiger partial charge in [-0.05, 0) is 51.8 Å². The van der Waals surface area contributed by atoms with Gasteiger partial charge in [-0.1, -0.05) is 30.7 Å².